The summed E-state index contributed by atoms with van der Waals surface area (Å²) in [6, 6.07) is 8.47. The van der Waals surface area contributed by atoms with Gasteiger partial charge in [0.2, 0.25) is 5.91 Å². The minimum Gasteiger partial charge on any atom is -0.273 e. The number of rotatable bonds is 3. The lowest BCUT2D eigenvalue weighted by molar-refractivity contribution is -0.123. The summed E-state index contributed by atoms with van der Waals surface area (Å²) in [6.07, 6.45) is 10.4. The molecule has 1 saturated carbocycles. The largest absolute Gasteiger partial charge is 0.273 e. The molecule has 1 N–H and O–H groups in total. The summed E-state index contributed by atoms with van der Waals surface area (Å²) in [4.78, 5) is 17.0. The Balaban J connectivity index is 1.84. The van der Waals surface area contributed by atoms with Crippen molar-refractivity contribution in [3.8, 4) is 0 Å². The fourth-order valence-electron chi connectivity index (χ4n) is 4.44. The maximum atomic E-state index is 12.0. The number of amides is 1. The number of nitrogens with zero attached hydrogens (tertiary/aromatic N) is 2. The SMILES string of the molecule is CCC1(CC)CC(=O)NN=C1C1=Nc2ccccc2C2(C=C1)CCC2. The first-order valence-electron chi connectivity index (χ1n) is 9.37. The zero-order chi connectivity index (χ0) is 17.5. The molecule has 1 aromatic carbocycles. The molecular formula is C21H25N3O. The summed E-state index contributed by atoms with van der Waals surface area (Å²) in [6.45, 7) is 4.28. The zero-order valence-corrected chi connectivity index (χ0v) is 15.0. The molecule has 3 aliphatic rings. The minimum atomic E-state index is -0.225. The van der Waals surface area contributed by atoms with Crippen molar-refractivity contribution in [2.45, 2.75) is 57.8 Å². The van der Waals surface area contributed by atoms with Crippen molar-refractivity contribution in [2.24, 2.45) is 15.5 Å². The second-order valence-corrected chi connectivity index (χ2v) is 7.52. The summed E-state index contributed by atoms with van der Waals surface area (Å²) in [7, 11) is 0. The van der Waals surface area contributed by atoms with E-state index < -0.39 is 0 Å². The van der Waals surface area contributed by atoms with Gasteiger partial charge in [0.1, 0.15) is 0 Å². The topological polar surface area (TPSA) is 53.8 Å². The van der Waals surface area contributed by atoms with Gasteiger partial charge in [-0.05, 0) is 43.4 Å². The van der Waals surface area contributed by atoms with Gasteiger partial charge in [0, 0.05) is 17.3 Å². The third-order valence-electron chi connectivity index (χ3n) is 6.38. The van der Waals surface area contributed by atoms with E-state index in [9.17, 15) is 4.79 Å². The number of nitrogens with one attached hydrogen (secondary N) is 1. The van der Waals surface area contributed by atoms with E-state index in [0.29, 0.717) is 6.42 Å². The van der Waals surface area contributed by atoms with Gasteiger partial charge in [-0.3, -0.25) is 4.79 Å². The molecule has 130 valence electrons. The lowest BCUT2D eigenvalue weighted by Gasteiger charge is -2.40. The maximum absolute atomic E-state index is 12.0. The molecule has 4 heteroatoms. The number of para-hydroxylation sites is 1. The van der Waals surface area contributed by atoms with Crippen LogP contribution in [-0.2, 0) is 10.2 Å². The normalized spacial score (nSPS) is 23.0. The molecule has 4 rings (SSSR count). The number of benzene rings is 1. The number of allylic oxidation sites excluding steroid dienone is 2. The van der Waals surface area contributed by atoms with E-state index >= 15 is 0 Å². The Morgan fingerprint density at radius 1 is 1.16 bits per heavy atom. The number of aliphatic imine (C=N–C) groups is 1. The van der Waals surface area contributed by atoms with Gasteiger partial charge in [0.25, 0.3) is 0 Å². The highest BCUT2D eigenvalue weighted by atomic mass is 16.2. The van der Waals surface area contributed by atoms with Gasteiger partial charge in [0.15, 0.2) is 0 Å². The average Bonchev–Trinajstić information content (AvgIpc) is 2.78. The van der Waals surface area contributed by atoms with Crippen molar-refractivity contribution in [1.29, 1.82) is 0 Å². The zero-order valence-electron chi connectivity index (χ0n) is 15.0. The van der Waals surface area contributed by atoms with Crippen LogP contribution in [-0.4, -0.2) is 17.3 Å². The van der Waals surface area contributed by atoms with Gasteiger partial charge in [-0.1, -0.05) is 44.5 Å². The van der Waals surface area contributed by atoms with Gasteiger partial charge in [0.05, 0.1) is 17.1 Å². The number of carbonyl (C=O) groups excluding carboxylic acids is 1. The smallest absolute Gasteiger partial charge is 0.241 e. The summed E-state index contributed by atoms with van der Waals surface area (Å²) in [5.41, 5.74) is 6.78. The van der Waals surface area contributed by atoms with Crippen LogP contribution >= 0.6 is 0 Å². The highest BCUT2D eigenvalue weighted by Gasteiger charge is 2.42. The monoisotopic (exact) mass is 335 g/mol. The predicted molar refractivity (Wildman–Crippen MR) is 101 cm³/mol. The van der Waals surface area contributed by atoms with E-state index in [1.54, 1.807) is 0 Å². The first-order valence-corrected chi connectivity index (χ1v) is 9.37. The van der Waals surface area contributed by atoms with Gasteiger partial charge >= 0.3 is 0 Å². The molecule has 1 amide bonds. The third-order valence-corrected chi connectivity index (χ3v) is 6.38. The molecule has 0 radical (unpaired) electrons. The molecule has 1 aromatic rings. The van der Waals surface area contributed by atoms with E-state index in [1.165, 1.54) is 24.8 Å². The van der Waals surface area contributed by atoms with Crippen molar-refractivity contribution in [3.63, 3.8) is 0 Å². The van der Waals surface area contributed by atoms with Crippen molar-refractivity contribution in [2.75, 3.05) is 0 Å². The Kier molecular flexibility index (Phi) is 3.86. The summed E-state index contributed by atoms with van der Waals surface area (Å²) in [5, 5.41) is 4.47. The molecule has 2 heterocycles. The van der Waals surface area contributed by atoms with E-state index in [0.717, 1.165) is 30.0 Å². The lowest BCUT2D eigenvalue weighted by Crippen LogP contribution is -2.45. The van der Waals surface area contributed by atoms with Crippen LogP contribution in [0.4, 0.5) is 5.69 Å². The Morgan fingerprint density at radius 2 is 1.92 bits per heavy atom. The average molecular weight is 335 g/mol. The second kappa shape index (κ2) is 5.94. The highest BCUT2D eigenvalue weighted by molar-refractivity contribution is 6.49. The Hall–Kier alpha value is -2.23. The Bertz CT molecular complexity index is 795. The predicted octanol–water partition coefficient (Wildman–Crippen LogP) is 4.43. The third kappa shape index (κ3) is 2.46. The number of fused-ring (bicyclic) bond motifs is 2. The van der Waals surface area contributed by atoms with E-state index in [2.05, 4.69) is 60.8 Å². The highest BCUT2D eigenvalue weighted by Crippen LogP contribution is 2.49. The molecule has 0 saturated heterocycles. The Labute approximate surface area is 149 Å². The van der Waals surface area contributed by atoms with E-state index in [1.807, 2.05) is 0 Å². The summed E-state index contributed by atoms with van der Waals surface area (Å²) in [5.74, 6) is 0.00140. The molecule has 2 aliphatic heterocycles. The van der Waals surface area contributed by atoms with Crippen LogP contribution in [0.25, 0.3) is 0 Å². The van der Waals surface area contributed by atoms with Crippen LogP contribution in [0.3, 0.4) is 0 Å². The van der Waals surface area contributed by atoms with Gasteiger partial charge < -0.3 is 0 Å². The first-order chi connectivity index (χ1) is 12.1. The Morgan fingerprint density at radius 3 is 2.60 bits per heavy atom. The molecule has 1 aliphatic carbocycles. The molecule has 4 nitrogen and oxygen atoms in total. The molecule has 25 heavy (non-hydrogen) atoms. The van der Waals surface area contributed by atoms with E-state index in [4.69, 9.17) is 4.99 Å². The van der Waals surface area contributed by atoms with Gasteiger partial charge in [-0.15, -0.1) is 0 Å². The molecule has 1 fully saturated rings. The van der Waals surface area contributed by atoms with Crippen molar-refractivity contribution in [3.05, 3.63) is 42.0 Å². The fraction of sp³-hybridized carbons (Fsp3) is 0.476. The van der Waals surface area contributed by atoms with Crippen molar-refractivity contribution < 1.29 is 4.79 Å². The molecule has 0 aromatic heterocycles. The van der Waals surface area contributed by atoms with Crippen LogP contribution in [0, 0.1) is 5.41 Å². The number of hydrazone groups is 1. The van der Waals surface area contributed by atoms with Crippen LogP contribution in [0.2, 0.25) is 0 Å². The van der Waals surface area contributed by atoms with Crippen LogP contribution in [0.15, 0.2) is 46.5 Å². The molecule has 0 bridgehead atoms. The summed E-state index contributed by atoms with van der Waals surface area (Å²) < 4.78 is 0. The van der Waals surface area contributed by atoms with Crippen LogP contribution in [0.5, 0.6) is 0 Å². The maximum Gasteiger partial charge on any atom is 0.241 e. The van der Waals surface area contributed by atoms with Gasteiger partial charge in [-0.2, -0.15) is 5.10 Å². The van der Waals surface area contributed by atoms with Crippen molar-refractivity contribution in [1.82, 2.24) is 5.43 Å². The number of carbonyl (C=O) groups is 1. The fourth-order valence-corrected chi connectivity index (χ4v) is 4.44. The molecular weight excluding hydrogens is 310 g/mol. The number of hydrogen-bond acceptors (Lipinski definition) is 3. The molecule has 0 atom stereocenters. The van der Waals surface area contributed by atoms with Crippen LogP contribution < -0.4 is 5.43 Å². The van der Waals surface area contributed by atoms with E-state index in [-0.39, 0.29) is 16.7 Å². The standard InChI is InChI=1S/C21H25N3O/c1-3-20(4-2)14-18(25)23-24-19(20)17-10-13-21(11-7-12-21)15-8-5-6-9-16(15)22-17/h5-6,8-10,13H,3-4,7,11-12,14H2,1-2H3,(H,23,25). The quantitative estimate of drug-likeness (QED) is 0.872. The second-order valence-electron chi connectivity index (χ2n) is 7.52. The van der Waals surface area contributed by atoms with Gasteiger partial charge in [-0.25, -0.2) is 10.4 Å². The summed E-state index contributed by atoms with van der Waals surface area (Å²) >= 11 is 0. The van der Waals surface area contributed by atoms with Crippen LogP contribution in [0.1, 0.15) is 57.9 Å². The first kappa shape index (κ1) is 16.2. The lowest BCUT2D eigenvalue weighted by atomic mass is 9.64. The van der Waals surface area contributed by atoms with Crippen molar-refractivity contribution >= 4 is 23.0 Å². The molecule has 1 spiro atoms. The number of hydrogen-bond donors (Lipinski definition) is 1. The minimum absolute atomic E-state index is 0.00140. The molecule has 0 unspecified atom stereocenters.